The number of hydrogen-bond acceptors (Lipinski definition) is 4. The average molecular weight is 175 g/mol. The van der Waals surface area contributed by atoms with Crippen molar-refractivity contribution in [3.63, 3.8) is 0 Å². The number of amides is 1. The van der Waals surface area contributed by atoms with Gasteiger partial charge >= 0.3 is 0 Å². The van der Waals surface area contributed by atoms with E-state index in [4.69, 9.17) is 9.84 Å². The Morgan fingerprint density at radius 1 is 1.50 bits per heavy atom. The summed E-state index contributed by atoms with van der Waals surface area (Å²) in [6, 6.07) is 0. The molecule has 0 saturated carbocycles. The predicted molar refractivity (Wildman–Crippen MR) is 41.6 cm³/mol. The molecule has 0 heterocycles. The first-order chi connectivity index (χ1) is 5.81. The smallest absolute Gasteiger partial charge is 0.222 e. The predicted octanol–water partition coefficient (Wildman–Crippen LogP) is -1.30. The summed E-state index contributed by atoms with van der Waals surface area (Å²) >= 11 is 0. The number of aliphatic hydroxyl groups excluding tert-OH is 1. The Balaban J connectivity index is 3.13. The Morgan fingerprint density at radius 2 is 2.25 bits per heavy atom. The Hall–Kier alpha value is -0.940. The Kier molecular flexibility index (Phi) is 7.52. The number of nitrogens with one attached hydrogen (secondary N) is 1. The Labute approximate surface area is 70.7 Å². The van der Waals surface area contributed by atoms with Crippen LogP contribution in [-0.2, 0) is 14.3 Å². The number of aliphatic hydroxyl groups is 1. The van der Waals surface area contributed by atoms with Crippen LogP contribution in [0.3, 0.4) is 0 Å². The van der Waals surface area contributed by atoms with E-state index in [0.29, 0.717) is 6.29 Å². The van der Waals surface area contributed by atoms with E-state index >= 15 is 0 Å². The van der Waals surface area contributed by atoms with Crippen LogP contribution in [0.2, 0.25) is 0 Å². The average Bonchev–Trinajstić information content (AvgIpc) is 2.09. The van der Waals surface area contributed by atoms with Gasteiger partial charge in [0.15, 0.2) is 0 Å². The van der Waals surface area contributed by atoms with Crippen molar-refractivity contribution in [2.24, 2.45) is 0 Å². The van der Waals surface area contributed by atoms with E-state index in [1.165, 1.54) is 0 Å². The van der Waals surface area contributed by atoms with E-state index in [0.717, 1.165) is 0 Å². The van der Waals surface area contributed by atoms with Crippen LogP contribution >= 0.6 is 0 Å². The first-order valence-corrected chi connectivity index (χ1v) is 3.70. The van der Waals surface area contributed by atoms with Gasteiger partial charge in [0.25, 0.3) is 0 Å². The lowest BCUT2D eigenvalue weighted by atomic mass is 10.4. The first kappa shape index (κ1) is 11.1. The Bertz CT molecular complexity index is 137. The van der Waals surface area contributed by atoms with E-state index in [2.05, 4.69) is 5.32 Å². The van der Waals surface area contributed by atoms with Gasteiger partial charge in [-0.15, -0.1) is 0 Å². The highest BCUT2D eigenvalue weighted by molar-refractivity contribution is 5.78. The highest BCUT2D eigenvalue weighted by Crippen LogP contribution is 1.81. The number of rotatable bonds is 7. The number of hydrogen-bond donors (Lipinski definition) is 2. The minimum Gasteiger partial charge on any atom is -0.394 e. The highest BCUT2D eigenvalue weighted by Gasteiger charge is 1.98. The van der Waals surface area contributed by atoms with Crippen LogP contribution in [0.25, 0.3) is 0 Å². The van der Waals surface area contributed by atoms with Crippen LogP contribution in [-0.4, -0.2) is 43.7 Å². The van der Waals surface area contributed by atoms with Crippen LogP contribution in [0.4, 0.5) is 0 Å². The third-order valence-corrected chi connectivity index (χ3v) is 1.09. The molecule has 0 aromatic rings. The lowest BCUT2D eigenvalue weighted by Gasteiger charge is -2.01. The quantitative estimate of drug-likeness (QED) is 0.372. The van der Waals surface area contributed by atoms with Gasteiger partial charge in [-0.3, -0.25) is 4.79 Å². The standard InChI is InChI=1S/C7H13NO4/c9-3-2-8-7(11)1-5-12-6-4-10/h3,10H,1-2,4-6H2,(H,8,11). The fourth-order valence-electron chi connectivity index (χ4n) is 0.575. The molecular formula is C7H13NO4. The van der Waals surface area contributed by atoms with E-state index < -0.39 is 0 Å². The number of carbonyl (C=O) groups excluding carboxylic acids is 2. The molecule has 0 rings (SSSR count). The van der Waals surface area contributed by atoms with Crippen LogP contribution in [0, 0.1) is 0 Å². The molecule has 0 atom stereocenters. The molecule has 0 aromatic heterocycles. The van der Waals surface area contributed by atoms with Gasteiger partial charge in [0.05, 0.1) is 26.4 Å². The molecule has 0 radical (unpaired) electrons. The number of carbonyl (C=O) groups is 2. The summed E-state index contributed by atoms with van der Waals surface area (Å²) in [7, 11) is 0. The molecule has 5 heteroatoms. The van der Waals surface area contributed by atoms with Crippen molar-refractivity contribution in [2.45, 2.75) is 6.42 Å². The maximum Gasteiger partial charge on any atom is 0.222 e. The van der Waals surface area contributed by atoms with Crippen molar-refractivity contribution in [3.8, 4) is 0 Å². The summed E-state index contributed by atoms with van der Waals surface area (Å²) in [6.45, 7) is 0.501. The minimum absolute atomic E-state index is 0.0405. The molecule has 0 aliphatic carbocycles. The van der Waals surface area contributed by atoms with E-state index in [1.807, 2.05) is 0 Å². The molecular weight excluding hydrogens is 162 g/mol. The van der Waals surface area contributed by atoms with Gasteiger partial charge in [0.2, 0.25) is 5.91 Å². The lowest BCUT2D eigenvalue weighted by molar-refractivity contribution is -0.123. The van der Waals surface area contributed by atoms with Crippen molar-refractivity contribution >= 4 is 12.2 Å². The van der Waals surface area contributed by atoms with Crippen molar-refractivity contribution in [1.29, 1.82) is 0 Å². The third kappa shape index (κ3) is 7.17. The van der Waals surface area contributed by atoms with Crippen molar-refractivity contribution < 1.29 is 19.4 Å². The zero-order chi connectivity index (χ0) is 9.23. The molecule has 0 saturated heterocycles. The topological polar surface area (TPSA) is 75.6 Å². The van der Waals surface area contributed by atoms with Gasteiger partial charge in [0, 0.05) is 6.42 Å². The summed E-state index contributed by atoms with van der Waals surface area (Å²) in [5.41, 5.74) is 0. The minimum atomic E-state index is -0.222. The first-order valence-electron chi connectivity index (χ1n) is 3.70. The highest BCUT2D eigenvalue weighted by atomic mass is 16.5. The number of aldehydes is 1. The van der Waals surface area contributed by atoms with Crippen LogP contribution in [0.15, 0.2) is 0 Å². The van der Waals surface area contributed by atoms with Gasteiger partial charge < -0.3 is 20.0 Å². The molecule has 0 aliphatic heterocycles. The summed E-state index contributed by atoms with van der Waals surface area (Å²) in [6.07, 6.45) is 0.834. The third-order valence-electron chi connectivity index (χ3n) is 1.09. The second-order valence-electron chi connectivity index (χ2n) is 2.06. The van der Waals surface area contributed by atoms with E-state index in [-0.39, 0.29) is 38.7 Å². The summed E-state index contributed by atoms with van der Waals surface area (Å²) < 4.78 is 4.83. The van der Waals surface area contributed by atoms with Crippen molar-refractivity contribution in [3.05, 3.63) is 0 Å². The van der Waals surface area contributed by atoms with Crippen LogP contribution in [0.5, 0.6) is 0 Å². The van der Waals surface area contributed by atoms with Gasteiger partial charge in [-0.25, -0.2) is 0 Å². The Morgan fingerprint density at radius 3 is 2.83 bits per heavy atom. The lowest BCUT2D eigenvalue weighted by Crippen LogP contribution is -2.26. The molecule has 0 fully saturated rings. The molecule has 5 nitrogen and oxygen atoms in total. The maximum absolute atomic E-state index is 10.8. The van der Waals surface area contributed by atoms with E-state index in [1.54, 1.807) is 0 Å². The van der Waals surface area contributed by atoms with Gasteiger partial charge in [0.1, 0.15) is 6.29 Å². The zero-order valence-corrected chi connectivity index (χ0v) is 6.78. The number of ether oxygens (including phenoxy) is 1. The van der Waals surface area contributed by atoms with Crippen molar-refractivity contribution in [2.75, 3.05) is 26.4 Å². The molecule has 0 aliphatic rings. The zero-order valence-electron chi connectivity index (χ0n) is 6.78. The maximum atomic E-state index is 10.8. The second-order valence-corrected chi connectivity index (χ2v) is 2.06. The largest absolute Gasteiger partial charge is 0.394 e. The molecule has 70 valence electrons. The molecule has 12 heavy (non-hydrogen) atoms. The fourth-order valence-corrected chi connectivity index (χ4v) is 0.575. The van der Waals surface area contributed by atoms with Crippen molar-refractivity contribution in [1.82, 2.24) is 5.32 Å². The summed E-state index contributed by atoms with van der Waals surface area (Å²) in [5.74, 6) is -0.222. The fraction of sp³-hybridized carbons (Fsp3) is 0.714. The molecule has 0 aromatic carbocycles. The molecule has 1 amide bonds. The summed E-state index contributed by atoms with van der Waals surface area (Å²) in [4.78, 5) is 20.6. The normalized spacial score (nSPS) is 9.42. The molecule has 0 unspecified atom stereocenters. The SMILES string of the molecule is O=CCNC(=O)CCOCCO. The molecule has 0 spiro atoms. The molecule has 0 bridgehead atoms. The van der Waals surface area contributed by atoms with Gasteiger partial charge in [-0.1, -0.05) is 0 Å². The van der Waals surface area contributed by atoms with Gasteiger partial charge in [-0.05, 0) is 0 Å². The molecule has 2 N–H and O–H groups in total. The monoisotopic (exact) mass is 175 g/mol. The van der Waals surface area contributed by atoms with Gasteiger partial charge in [-0.2, -0.15) is 0 Å². The van der Waals surface area contributed by atoms with Crippen LogP contribution in [0.1, 0.15) is 6.42 Å². The van der Waals surface area contributed by atoms with Crippen LogP contribution < -0.4 is 5.32 Å². The van der Waals surface area contributed by atoms with E-state index in [9.17, 15) is 9.59 Å². The second kappa shape index (κ2) is 8.16. The summed E-state index contributed by atoms with van der Waals surface area (Å²) in [5, 5.41) is 10.7.